The third kappa shape index (κ3) is 1.26. The highest BCUT2D eigenvalue weighted by atomic mass is 32.1. The zero-order valence-corrected chi connectivity index (χ0v) is 7.34. The van der Waals surface area contributed by atoms with Crippen LogP contribution in [-0.4, -0.2) is 29.9 Å². The van der Waals surface area contributed by atoms with Gasteiger partial charge in [-0.1, -0.05) is 0 Å². The van der Waals surface area contributed by atoms with E-state index in [1.165, 1.54) is 6.07 Å². The lowest BCUT2D eigenvalue weighted by molar-refractivity contribution is 0.0566. The van der Waals surface area contributed by atoms with Gasteiger partial charge in [-0.3, -0.25) is 9.59 Å². The summed E-state index contributed by atoms with van der Waals surface area (Å²) in [5.41, 5.74) is 0. The molecule has 0 spiro atoms. The summed E-state index contributed by atoms with van der Waals surface area (Å²) >= 11 is 1.04. The molecule has 1 N–H and O–H groups in total. The number of hydrogen-bond acceptors (Lipinski definition) is 5. The highest BCUT2D eigenvalue weighted by molar-refractivity contribution is 7.16. The van der Waals surface area contributed by atoms with Crippen molar-refractivity contribution in [3.05, 3.63) is 15.8 Å². The van der Waals surface area contributed by atoms with Gasteiger partial charge in [0.15, 0.2) is 12.4 Å². The SMILES string of the molecule is O=Cc1cc2c(s1)C(=O)C(O)CO2. The van der Waals surface area contributed by atoms with Crippen LogP contribution in [0.25, 0.3) is 0 Å². The molecule has 0 saturated carbocycles. The lowest BCUT2D eigenvalue weighted by Crippen LogP contribution is -2.31. The van der Waals surface area contributed by atoms with Crippen molar-refractivity contribution in [1.29, 1.82) is 0 Å². The Kier molecular flexibility index (Phi) is 1.90. The van der Waals surface area contributed by atoms with Gasteiger partial charge < -0.3 is 9.84 Å². The molecule has 0 radical (unpaired) electrons. The fraction of sp³-hybridized carbons (Fsp3) is 0.250. The largest absolute Gasteiger partial charge is 0.489 e. The third-order valence-electron chi connectivity index (χ3n) is 1.76. The molecule has 1 aromatic heterocycles. The Morgan fingerprint density at radius 1 is 1.69 bits per heavy atom. The van der Waals surface area contributed by atoms with Crippen molar-refractivity contribution in [3.63, 3.8) is 0 Å². The number of rotatable bonds is 1. The van der Waals surface area contributed by atoms with E-state index in [2.05, 4.69) is 0 Å². The lowest BCUT2D eigenvalue weighted by atomic mass is 10.1. The van der Waals surface area contributed by atoms with Crippen LogP contribution in [0.4, 0.5) is 0 Å². The maximum atomic E-state index is 11.3. The van der Waals surface area contributed by atoms with Gasteiger partial charge in [-0.25, -0.2) is 0 Å². The van der Waals surface area contributed by atoms with Gasteiger partial charge in [0, 0.05) is 6.07 Å². The number of ether oxygens (including phenoxy) is 1. The number of Topliss-reactive ketones (excluding diaryl/α,β-unsaturated/α-hetero) is 1. The molecular formula is C8H6O4S. The molecule has 0 aromatic carbocycles. The Hall–Kier alpha value is -1.20. The molecule has 0 saturated heterocycles. The second-order valence-corrected chi connectivity index (χ2v) is 3.73. The predicted octanol–water partition coefficient (Wildman–Crippen LogP) is 0.497. The minimum absolute atomic E-state index is 0.0269. The fourth-order valence-corrected chi connectivity index (χ4v) is 2.03. The fourth-order valence-electron chi connectivity index (χ4n) is 1.13. The van der Waals surface area contributed by atoms with Crippen LogP contribution in [0.1, 0.15) is 19.3 Å². The smallest absolute Gasteiger partial charge is 0.208 e. The molecule has 2 rings (SSSR count). The molecule has 4 nitrogen and oxygen atoms in total. The van der Waals surface area contributed by atoms with E-state index in [0.29, 0.717) is 21.8 Å². The first-order valence-corrected chi connectivity index (χ1v) is 4.48. The van der Waals surface area contributed by atoms with Crippen LogP contribution in [0, 0.1) is 0 Å². The van der Waals surface area contributed by atoms with Gasteiger partial charge in [0.25, 0.3) is 0 Å². The normalized spacial score (nSPS) is 20.7. The van der Waals surface area contributed by atoms with Crippen LogP contribution >= 0.6 is 11.3 Å². The van der Waals surface area contributed by atoms with Gasteiger partial charge in [-0.2, -0.15) is 0 Å². The highest BCUT2D eigenvalue weighted by Gasteiger charge is 2.29. The monoisotopic (exact) mass is 198 g/mol. The van der Waals surface area contributed by atoms with Gasteiger partial charge >= 0.3 is 0 Å². The van der Waals surface area contributed by atoms with E-state index in [1.807, 2.05) is 0 Å². The van der Waals surface area contributed by atoms with Crippen LogP contribution < -0.4 is 4.74 Å². The number of carbonyl (C=O) groups is 2. The lowest BCUT2D eigenvalue weighted by Gasteiger charge is -2.16. The van der Waals surface area contributed by atoms with Crippen molar-refractivity contribution in [2.24, 2.45) is 0 Å². The van der Waals surface area contributed by atoms with Crippen molar-refractivity contribution in [2.75, 3.05) is 6.61 Å². The third-order valence-corrected chi connectivity index (χ3v) is 2.81. The van der Waals surface area contributed by atoms with Gasteiger partial charge in [0.1, 0.15) is 17.2 Å². The second kappa shape index (κ2) is 2.93. The molecule has 2 heterocycles. The number of carbonyl (C=O) groups excluding carboxylic acids is 2. The molecule has 1 aromatic rings. The molecule has 0 fully saturated rings. The zero-order valence-electron chi connectivity index (χ0n) is 6.52. The number of thiophene rings is 1. The maximum Gasteiger partial charge on any atom is 0.208 e. The number of aliphatic hydroxyl groups is 1. The first-order chi connectivity index (χ1) is 6.22. The highest BCUT2D eigenvalue weighted by Crippen LogP contribution is 2.32. The van der Waals surface area contributed by atoms with Gasteiger partial charge in [0.05, 0.1) is 4.88 Å². The Labute approximate surface area is 77.8 Å². The summed E-state index contributed by atoms with van der Waals surface area (Å²) in [7, 11) is 0. The number of hydrogen-bond donors (Lipinski definition) is 1. The molecular weight excluding hydrogens is 192 g/mol. The van der Waals surface area contributed by atoms with Gasteiger partial charge in [-0.05, 0) is 0 Å². The van der Waals surface area contributed by atoms with E-state index < -0.39 is 6.10 Å². The Balaban J connectivity index is 2.47. The van der Waals surface area contributed by atoms with Gasteiger partial charge in [0.2, 0.25) is 5.78 Å². The predicted molar refractivity (Wildman–Crippen MR) is 45.5 cm³/mol. The first kappa shape index (κ1) is 8.40. The first-order valence-electron chi connectivity index (χ1n) is 3.66. The summed E-state index contributed by atoms with van der Waals surface area (Å²) in [6.45, 7) is -0.0269. The summed E-state index contributed by atoms with van der Waals surface area (Å²) in [5, 5.41) is 9.15. The summed E-state index contributed by atoms with van der Waals surface area (Å²) in [6, 6.07) is 1.51. The molecule has 13 heavy (non-hydrogen) atoms. The second-order valence-electron chi connectivity index (χ2n) is 2.65. The van der Waals surface area contributed by atoms with Crippen LogP contribution in [0.5, 0.6) is 5.75 Å². The molecule has 0 amide bonds. The molecule has 1 aliphatic rings. The van der Waals surface area contributed by atoms with E-state index in [-0.39, 0.29) is 12.4 Å². The van der Waals surface area contributed by atoms with Crippen LogP contribution in [-0.2, 0) is 0 Å². The maximum absolute atomic E-state index is 11.3. The van der Waals surface area contributed by atoms with Crippen LogP contribution in [0.15, 0.2) is 6.07 Å². The van der Waals surface area contributed by atoms with E-state index >= 15 is 0 Å². The minimum Gasteiger partial charge on any atom is -0.489 e. The molecule has 68 valence electrons. The van der Waals surface area contributed by atoms with Crippen molar-refractivity contribution in [2.45, 2.75) is 6.10 Å². The molecule has 1 unspecified atom stereocenters. The zero-order chi connectivity index (χ0) is 9.42. The average molecular weight is 198 g/mol. The average Bonchev–Trinajstić information content (AvgIpc) is 2.55. The van der Waals surface area contributed by atoms with Crippen molar-refractivity contribution in [1.82, 2.24) is 0 Å². The Morgan fingerprint density at radius 3 is 3.15 bits per heavy atom. The van der Waals surface area contributed by atoms with Gasteiger partial charge in [-0.15, -0.1) is 11.3 Å². The Morgan fingerprint density at radius 2 is 2.46 bits per heavy atom. The standard InChI is InChI=1S/C8H6O4S/c9-2-4-1-6-8(13-4)7(11)5(10)3-12-6/h1-2,5,10H,3H2. The van der Waals surface area contributed by atoms with Crippen molar-refractivity contribution < 1.29 is 19.4 Å². The van der Waals surface area contributed by atoms with E-state index in [9.17, 15) is 9.59 Å². The summed E-state index contributed by atoms with van der Waals surface area (Å²) in [6.07, 6.45) is -0.433. The van der Waals surface area contributed by atoms with Crippen LogP contribution in [0.2, 0.25) is 0 Å². The summed E-state index contributed by atoms with van der Waals surface area (Å²) in [5.74, 6) is 0.0433. The van der Waals surface area contributed by atoms with Crippen LogP contribution in [0.3, 0.4) is 0 Å². The summed E-state index contributed by atoms with van der Waals surface area (Å²) in [4.78, 5) is 22.5. The number of aliphatic hydroxyl groups excluding tert-OH is 1. The van der Waals surface area contributed by atoms with Crippen molar-refractivity contribution in [3.8, 4) is 5.75 Å². The van der Waals surface area contributed by atoms with E-state index in [0.717, 1.165) is 11.3 Å². The molecule has 1 aliphatic heterocycles. The quantitative estimate of drug-likeness (QED) is 0.667. The molecule has 5 heteroatoms. The topological polar surface area (TPSA) is 63.6 Å². The number of fused-ring (bicyclic) bond motifs is 1. The number of ketones is 1. The summed E-state index contributed by atoms with van der Waals surface area (Å²) < 4.78 is 5.07. The van der Waals surface area contributed by atoms with Crippen molar-refractivity contribution >= 4 is 23.4 Å². The van der Waals surface area contributed by atoms with E-state index in [1.54, 1.807) is 0 Å². The molecule has 1 atom stereocenters. The molecule has 0 aliphatic carbocycles. The Bertz CT molecular complexity index is 368. The minimum atomic E-state index is -1.09. The number of aldehydes is 1. The van der Waals surface area contributed by atoms with E-state index in [4.69, 9.17) is 9.84 Å². The molecule has 0 bridgehead atoms.